The summed E-state index contributed by atoms with van der Waals surface area (Å²) in [5, 5.41) is 14.9. The number of amides is 1. The highest BCUT2D eigenvalue weighted by Crippen LogP contribution is 2.27. The van der Waals surface area contributed by atoms with E-state index in [4.69, 9.17) is 5.21 Å². The zero-order chi connectivity index (χ0) is 18.1. The molecule has 0 radical (unpaired) electrons. The van der Waals surface area contributed by atoms with Crippen molar-refractivity contribution in [3.05, 3.63) is 65.5 Å². The van der Waals surface area contributed by atoms with Crippen LogP contribution in [0.15, 0.2) is 53.8 Å². The molecule has 0 aliphatic carbocycles. The van der Waals surface area contributed by atoms with Gasteiger partial charge in [0.2, 0.25) is 0 Å². The van der Waals surface area contributed by atoms with E-state index in [9.17, 15) is 4.79 Å². The second-order valence-corrected chi connectivity index (χ2v) is 6.27. The number of carbonyl (C=O) groups is 1. The minimum Gasteiger partial charge on any atom is -0.411 e. The number of nitrogens with one attached hydrogen (secondary N) is 2. The third kappa shape index (κ3) is 2.86. The van der Waals surface area contributed by atoms with Crippen molar-refractivity contribution < 1.29 is 10.0 Å². The Bertz CT molecular complexity index is 1000. The Balaban J connectivity index is 1.68. The van der Waals surface area contributed by atoms with Gasteiger partial charge in [0.05, 0.1) is 17.0 Å². The lowest BCUT2D eigenvalue weighted by Gasteiger charge is -2.11. The Hall–Kier alpha value is -3.41. The second kappa shape index (κ2) is 6.48. The predicted octanol–water partition coefficient (Wildman–Crippen LogP) is 3.23. The number of oxime groups is 1. The highest BCUT2D eigenvalue weighted by atomic mass is 16.4. The summed E-state index contributed by atoms with van der Waals surface area (Å²) in [5.41, 5.74) is 6.81. The molecular weight excluding hydrogens is 328 g/mol. The molecule has 0 spiro atoms. The van der Waals surface area contributed by atoms with Crippen LogP contribution in [0.2, 0.25) is 0 Å². The second-order valence-electron chi connectivity index (χ2n) is 6.27. The molecule has 0 fully saturated rings. The number of H-pyrrole nitrogens is 1. The van der Waals surface area contributed by atoms with E-state index in [-0.39, 0.29) is 5.91 Å². The Morgan fingerprint density at radius 2 is 1.96 bits per heavy atom. The molecule has 0 saturated heterocycles. The number of hydrogen-bond acceptors (Lipinski definition) is 4. The first-order chi connectivity index (χ1) is 12.7. The maximum atomic E-state index is 12.0. The van der Waals surface area contributed by atoms with Crippen molar-refractivity contribution in [3.8, 4) is 22.5 Å². The van der Waals surface area contributed by atoms with E-state index < -0.39 is 0 Å². The van der Waals surface area contributed by atoms with Crippen molar-refractivity contribution in [1.29, 1.82) is 0 Å². The van der Waals surface area contributed by atoms with E-state index in [0.717, 1.165) is 40.2 Å². The number of carbonyl (C=O) groups excluding carboxylic acids is 1. The van der Waals surface area contributed by atoms with E-state index in [1.807, 2.05) is 42.5 Å². The molecule has 1 aliphatic rings. The standard InChI is InChI=1S/C20H18N4O2/c1-12(24-26)13-2-4-14(5-3-13)18-10-15(6-8-21-18)19-11-16-17(23-19)7-9-22-20(16)25/h2-6,8,10-11,23,26H,7,9H2,1H3,(H,22,25). The predicted molar refractivity (Wildman–Crippen MR) is 99.5 cm³/mol. The van der Waals surface area contributed by atoms with Crippen LogP contribution in [0.5, 0.6) is 0 Å². The molecule has 3 heterocycles. The van der Waals surface area contributed by atoms with Gasteiger partial charge < -0.3 is 15.5 Å². The number of benzene rings is 1. The van der Waals surface area contributed by atoms with Gasteiger partial charge in [0.25, 0.3) is 5.91 Å². The molecule has 1 amide bonds. The van der Waals surface area contributed by atoms with Crippen LogP contribution in [0.4, 0.5) is 0 Å². The highest BCUT2D eigenvalue weighted by molar-refractivity contribution is 5.99. The van der Waals surface area contributed by atoms with Crippen LogP contribution < -0.4 is 5.32 Å². The maximum Gasteiger partial charge on any atom is 0.253 e. The quantitative estimate of drug-likeness (QED) is 0.386. The molecule has 3 aromatic rings. The summed E-state index contributed by atoms with van der Waals surface area (Å²) in [6.07, 6.45) is 2.57. The van der Waals surface area contributed by atoms with Crippen LogP contribution in [0.25, 0.3) is 22.5 Å². The van der Waals surface area contributed by atoms with Gasteiger partial charge in [0.1, 0.15) is 0 Å². The lowest BCUT2D eigenvalue weighted by Crippen LogP contribution is -2.31. The molecule has 6 nitrogen and oxygen atoms in total. The minimum atomic E-state index is -0.0282. The summed E-state index contributed by atoms with van der Waals surface area (Å²) >= 11 is 0. The van der Waals surface area contributed by atoms with Crippen LogP contribution in [0, 0.1) is 0 Å². The molecule has 0 saturated carbocycles. The number of pyridine rings is 1. The molecule has 0 unspecified atom stereocenters. The van der Waals surface area contributed by atoms with Crippen molar-refractivity contribution in [1.82, 2.24) is 15.3 Å². The minimum absolute atomic E-state index is 0.0282. The molecular formula is C20H18N4O2. The zero-order valence-electron chi connectivity index (χ0n) is 14.3. The summed E-state index contributed by atoms with van der Waals surface area (Å²) in [5.74, 6) is -0.0282. The number of nitrogens with zero attached hydrogens (tertiary/aromatic N) is 2. The van der Waals surface area contributed by atoms with Gasteiger partial charge in [-0.15, -0.1) is 0 Å². The van der Waals surface area contributed by atoms with Gasteiger partial charge in [0.15, 0.2) is 0 Å². The average Bonchev–Trinajstić information content (AvgIpc) is 3.13. The Morgan fingerprint density at radius 1 is 1.15 bits per heavy atom. The van der Waals surface area contributed by atoms with Gasteiger partial charge in [-0.1, -0.05) is 29.4 Å². The van der Waals surface area contributed by atoms with E-state index in [1.165, 1.54) is 0 Å². The van der Waals surface area contributed by atoms with Gasteiger partial charge in [-0.2, -0.15) is 0 Å². The van der Waals surface area contributed by atoms with Crippen molar-refractivity contribution in [2.45, 2.75) is 13.3 Å². The first-order valence-corrected chi connectivity index (χ1v) is 8.41. The Kier molecular flexibility index (Phi) is 4.01. The Morgan fingerprint density at radius 3 is 2.69 bits per heavy atom. The zero-order valence-corrected chi connectivity index (χ0v) is 14.3. The monoisotopic (exact) mass is 346 g/mol. The molecule has 2 aromatic heterocycles. The summed E-state index contributed by atoms with van der Waals surface area (Å²) in [7, 11) is 0. The van der Waals surface area contributed by atoms with Gasteiger partial charge >= 0.3 is 0 Å². The SMILES string of the molecule is CC(=NO)c1ccc(-c2cc(-c3cc4c([nH]3)CCNC4=O)ccn2)cc1. The van der Waals surface area contributed by atoms with E-state index in [0.29, 0.717) is 17.8 Å². The van der Waals surface area contributed by atoms with Crippen LogP contribution in [0.1, 0.15) is 28.5 Å². The van der Waals surface area contributed by atoms with Crippen LogP contribution in [-0.2, 0) is 6.42 Å². The molecule has 26 heavy (non-hydrogen) atoms. The topological polar surface area (TPSA) is 90.4 Å². The highest BCUT2D eigenvalue weighted by Gasteiger charge is 2.20. The molecule has 0 bridgehead atoms. The average molecular weight is 346 g/mol. The Labute approximate surface area is 150 Å². The number of aromatic amines is 1. The van der Waals surface area contributed by atoms with Gasteiger partial charge in [-0.05, 0) is 30.7 Å². The van der Waals surface area contributed by atoms with Crippen LogP contribution in [-0.4, -0.2) is 33.3 Å². The van der Waals surface area contributed by atoms with Crippen LogP contribution >= 0.6 is 0 Å². The lowest BCUT2D eigenvalue weighted by molar-refractivity contribution is 0.0946. The van der Waals surface area contributed by atoms with Gasteiger partial charge in [0, 0.05) is 41.7 Å². The van der Waals surface area contributed by atoms with E-state index in [2.05, 4.69) is 20.4 Å². The first kappa shape index (κ1) is 16.1. The van der Waals surface area contributed by atoms with Crippen LogP contribution in [0.3, 0.4) is 0 Å². The lowest BCUT2D eigenvalue weighted by atomic mass is 10.0. The summed E-state index contributed by atoms with van der Waals surface area (Å²) in [4.78, 5) is 19.8. The van der Waals surface area contributed by atoms with Crippen molar-refractivity contribution >= 4 is 11.6 Å². The van der Waals surface area contributed by atoms with E-state index >= 15 is 0 Å². The third-order valence-electron chi connectivity index (χ3n) is 4.62. The molecule has 4 rings (SSSR count). The molecule has 1 aliphatic heterocycles. The van der Waals surface area contributed by atoms with Crippen molar-refractivity contribution in [2.75, 3.05) is 6.54 Å². The molecule has 0 atom stereocenters. The number of aromatic nitrogens is 2. The summed E-state index contributed by atoms with van der Waals surface area (Å²) in [6, 6.07) is 13.5. The van der Waals surface area contributed by atoms with E-state index in [1.54, 1.807) is 13.1 Å². The van der Waals surface area contributed by atoms with Gasteiger partial charge in [-0.25, -0.2) is 0 Å². The number of hydrogen-bond donors (Lipinski definition) is 3. The van der Waals surface area contributed by atoms with Crippen molar-refractivity contribution in [3.63, 3.8) is 0 Å². The fraction of sp³-hybridized carbons (Fsp3) is 0.150. The fourth-order valence-electron chi connectivity index (χ4n) is 3.14. The summed E-state index contributed by atoms with van der Waals surface area (Å²) < 4.78 is 0. The summed E-state index contributed by atoms with van der Waals surface area (Å²) in [6.45, 7) is 2.41. The molecule has 130 valence electrons. The number of fused-ring (bicyclic) bond motifs is 1. The molecule has 6 heteroatoms. The van der Waals surface area contributed by atoms with Crippen molar-refractivity contribution in [2.24, 2.45) is 5.16 Å². The molecule has 1 aromatic carbocycles. The normalized spacial score (nSPS) is 14.0. The van der Waals surface area contributed by atoms with Gasteiger partial charge in [-0.3, -0.25) is 9.78 Å². The molecule has 3 N–H and O–H groups in total. The fourth-order valence-corrected chi connectivity index (χ4v) is 3.14. The third-order valence-corrected chi connectivity index (χ3v) is 4.62. The first-order valence-electron chi connectivity index (χ1n) is 8.41. The largest absolute Gasteiger partial charge is 0.411 e. The number of rotatable bonds is 3. The smallest absolute Gasteiger partial charge is 0.253 e. The maximum absolute atomic E-state index is 12.0.